The summed E-state index contributed by atoms with van der Waals surface area (Å²) in [4.78, 5) is 25.8. The molecule has 4 nitrogen and oxygen atoms in total. The van der Waals surface area contributed by atoms with E-state index in [4.69, 9.17) is 0 Å². The summed E-state index contributed by atoms with van der Waals surface area (Å²) in [6.07, 6.45) is 10.3. The van der Waals surface area contributed by atoms with E-state index in [1.807, 2.05) is 0 Å². The lowest BCUT2D eigenvalue weighted by Crippen LogP contribution is -2.56. The van der Waals surface area contributed by atoms with Crippen LogP contribution in [0.1, 0.15) is 58.8 Å². The Labute approximate surface area is 144 Å². The van der Waals surface area contributed by atoms with E-state index in [0.717, 1.165) is 18.0 Å². The van der Waals surface area contributed by atoms with Gasteiger partial charge in [-0.15, -0.1) is 0 Å². The maximum atomic E-state index is 12.5. The van der Waals surface area contributed by atoms with Crippen molar-refractivity contribution in [2.24, 2.45) is 34.5 Å². The molecule has 0 aromatic heterocycles. The van der Waals surface area contributed by atoms with Crippen LogP contribution in [0.2, 0.25) is 0 Å². The summed E-state index contributed by atoms with van der Waals surface area (Å²) in [5, 5.41) is 9.55. The quantitative estimate of drug-likeness (QED) is 0.746. The van der Waals surface area contributed by atoms with Gasteiger partial charge in [0.2, 0.25) is 5.91 Å². The van der Waals surface area contributed by atoms with E-state index in [2.05, 4.69) is 19.9 Å². The van der Waals surface area contributed by atoms with Crippen LogP contribution >= 0.6 is 0 Å². The third-order valence-electron chi connectivity index (χ3n) is 8.12. The number of carboxylic acid groups (broad SMARTS) is 1. The van der Waals surface area contributed by atoms with Gasteiger partial charge in [0.05, 0.1) is 0 Å². The zero-order valence-electron chi connectivity index (χ0n) is 15.0. The van der Waals surface area contributed by atoms with Gasteiger partial charge in [-0.3, -0.25) is 9.59 Å². The van der Waals surface area contributed by atoms with E-state index in [0.29, 0.717) is 23.7 Å². The third kappa shape index (κ3) is 1.98. The third-order valence-corrected chi connectivity index (χ3v) is 8.12. The predicted octanol–water partition coefficient (Wildman–Crippen LogP) is 3.68. The molecule has 1 aliphatic heterocycles. The zero-order chi connectivity index (χ0) is 17.3. The highest BCUT2D eigenvalue weighted by Crippen LogP contribution is 2.64. The molecule has 0 aromatic rings. The molecule has 4 heteroatoms. The second-order valence-electron chi connectivity index (χ2n) is 9.20. The average molecular weight is 331 g/mol. The molecule has 24 heavy (non-hydrogen) atoms. The Morgan fingerprint density at radius 3 is 2.71 bits per heavy atom. The first-order valence-electron chi connectivity index (χ1n) is 9.49. The molecule has 0 aromatic carbocycles. The molecule has 1 N–H and O–H groups in total. The number of rotatable bonds is 1. The summed E-state index contributed by atoms with van der Waals surface area (Å²) < 4.78 is 0. The van der Waals surface area contributed by atoms with Crippen LogP contribution in [0, 0.1) is 34.5 Å². The molecule has 0 bridgehead atoms. The average Bonchev–Trinajstić information content (AvgIpc) is 2.92. The van der Waals surface area contributed by atoms with Crippen LogP contribution in [0.5, 0.6) is 0 Å². The first-order chi connectivity index (χ1) is 11.3. The Hall–Kier alpha value is -1.32. The molecule has 0 radical (unpaired) electrons. The van der Waals surface area contributed by atoms with Crippen molar-refractivity contribution < 1.29 is 14.7 Å². The number of likely N-dealkylation sites (tertiary alicyclic amines) is 1. The monoisotopic (exact) mass is 331 g/mol. The molecular formula is C20H29NO3. The van der Waals surface area contributed by atoms with Crippen LogP contribution < -0.4 is 0 Å². The van der Waals surface area contributed by atoms with E-state index in [1.54, 1.807) is 11.9 Å². The lowest BCUT2D eigenvalue weighted by atomic mass is 9.49. The fraction of sp³-hybridized carbons (Fsp3) is 0.800. The molecule has 4 rings (SSSR count). The maximum Gasteiger partial charge on any atom is 0.316 e. The zero-order valence-corrected chi connectivity index (χ0v) is 15.0. The van der Waals surface area contributed by atoms with Crippen molar-refractivity contribution in [2.75, 3.05) is 7.05 Å². The van der Waals surface area contributed by atoms with Crippen molar-refractivity contribution in [3.63, 3.8) is 0 Å². The van der Waals surface area contributed by atoms with Crippen LogP contribution in [0.3, 0.4) is 0 Å². The summed E-state index contributed by atoms with van der Waals surface area (Å²) in [6.45, 7) is 4.70. The second kappa shape index (κ2) is 5.09. The van der Waals surface area contributed by atoms with Gasteiger partial charge in [-0.2, -0.15) is 0 Å². The fourth-order valence-corrected chi connectivity index (χ4v) is 6.90. The molecule has 3 fully saturated rings. The Morgan fingerprint density at radius 1 is 1.25 bits per heavy atom. The molecular weight excluding hydrogens is 302 g/mol. The Bertz CT molecular complexity index is 626. The van der Waals surface area contributed by atoms with Crippen molar-refractivity contribution in [3.8, 4) is 0 Å². The summed E-state index contributed by atoms with van der Waals surface area (Å²) in [7, 11) is 1.77. The molecule has 0 spiro atoms. The number of piperidine rings is 1. The number of carbonyl (C=O) groups excluding carboxylic acids is 1. The van der Waals surface area contributed by atoms with Gasteiger partial charge in [-0.25, -0.2) is 0 Å². The largest absolute Gasteiger partial charge is 0.481 e. The number of aliphatic carboxylic acids is 1. The van der Waals surface area contributed by atoms with Gasteiger partial charge in [0.15, 0.2) is 0 Å². The number of carboxylic acids is 1. The molecule has 1 saturated heterocycles. The highest BCUT2D eigenvalue weighted by atomic mass is 16.4. The number of hydrogen-bond donors (Lipinski definition) is 1. The molecule has 132 valence electrons. The van der Waals surface area contributed by atoms with E-state index < -0.39 is 11.9 Å². The second-order valence-corrected chi connectivity index (χ2v) is 9.20. The number of allylic oxidation sites excluding steroid dienone is 2. The topological polar surface area (TPSA) is 57.6 Å². The minimum absolute atomic E-state index is 0.168. The number of carbonyl (C=O) groups is 2. The maximum absolute atomic E-state index is 12.5. The van der Waals surface area contributed by atoms with Crippen molar-refractivity contribution in [1.29, 1.82) is 0 Å². The normalized spacial score (nSPS) is 47.5. The van der Waals surface area contributed by atoms with E-state index in [1.165, 1.54) is 32.1 Å². The minimum atomic E-state index is -0.962. The van der Waals surface area contributed by atoms with Gasteiger partial charge in [-0.1, -0.05) is 26.3 Å². The van der Waals surface area contributed by atoms with Gasteiger partial charge in [0.1, 0.15) is 5.92 Å². The molecule has 3 aliphatic carbocycles. The molecule has 1 amide bonds. The van der Waals surface area contributed by atoms with Crippen LogP contribution in [-0.4, -0.2) is 28.9 Å². The molecule has 2 saturated carbocycles. The van der Waals surface area contributed by atoms with Gasteiger partial charge in [-0.05, 0) is 61.7 Å². The molecule has 6 atom stereocenters. The predicted molar refractivity (Wildman–Crippen MR) is 91.0 cm³/mol. The number of hydrogen-bond acceptors (Lipinski definition) is 2. The smallest absolute Gasteiger partial charge is 0.316 e. The van der Waals surface area contributed by atoms with E-state index in [-0.39, 0.29) is 11.3 Å². The van der Waals surface area contributed by atoms with E-state index >= 15 is 0 Å². The summed E-state index contributed by atoms with van der Waals surface area (Å²) in [5.74, 6) is -0.131. The van der Waals surface area contributed by atoms with Gasteiger partial charge in [0.25, 0.3) is 0 Å². The molecule has 1 heterocycles. The van der Waals surface area contributed by atoms with Gasteiger partial charge in [0, 0.05) is 18.2 Å². The Kier molecular flexibility index (Phi) is 3.43. The summed E-state index contributed by atoms with van der Waals surface area (Å²) in [6, 6.07) is 0. The number of fused-ring (bicyclic) bond motifs is 5. The van der Waals surface area contributed by atoms with Crippen molar-refractivity contribution in [2.45, 2.75) is 58.8 Å². The van der Waals surface area contributed by atoms with Crippen LogP contribution in [0.15, 0.2) is 11.8 Å². The standard InChI is InChI=1S/C20H29NO3/c1-19-9-4-5-14(19)12-6-7-16-20(2,15(12)8-10-19)11-13(18(23)24)17(22)21(16)3/h7,12-15H,4-6,8-11H2,1-3H3,(H,23,24)/t12-,13?,14-,15+,19-,20+/m0/s1. The molecule has 1 unspecified atom stereocenters. The van der Waals surface area contributed by atoms with Crippen molar-refractivity contribution >= 4 is 11.9 Å². The lowest BCUT2D eigenvalue weighted by Gasteiger charge is -2.58. The summed E-state index contributed by atoms with van der Waals surface area (Å²) >= 11 is 0. The highest BCUT2D eigenvalue weighted by Gasteiger charge is 2.59. The van der Waals surface area contributed by atoms with Crippen molar-refractivity contribution in [1.82, 2.24) is 4.90 Å². The first-order valence-corrected chi connectivity index (χ1v) is 9.49. The number of amides is 1. The Morgan fingerprint density at radius 2 is 2.00 bits per heavy atom. The SMILES string of the molecule is CN1C(=O)C(C(=O)O)C[C@@]2(C)C1=CC[C@@H]1[C@H]2CC[C@]2(C)CCC[C@@H]12. The van der Waals surface area contributed by atoms with Crippen molar-refractivity contribution in [3.05, 3.63) is 11.8 Å². The number of nitrogens with zero attached hydrogens (tertiary/aromatic N) is 1. The lowest BCUT2D eigenvalue weighted by molar-refractivity contribution is -0.157. The van der Waals surface area contributed by atoms with Gasteiger partial charge < -0.3 is 10.0 Å². The summed E-state index contributed by atoms with van der Waals surface area (Å²) in [5.41, 5.74) is 1.41. The van der Waals surface area contributed by atoms with Crippen LogP contribution in [0.25, 0.3) is 0 Å². The highest BCUT2D eigenvalue weighted by molar-refractivity contribution is 5.98. The van der Waals surface area contributed by atoms with Crippen LogP contribution in [-0.2, 0) is 9.59 Å². The van der Waals surface area contributed by atoms with Gasteiger partial charge >= 0.3 is 5.97 Å². The van der Waals surface area contributed by atoms with Crippen LogP contribution in [0.4, 0.5) is 0 Å². The minimum Gasteiger partial charge on any atom is -0.481 e. The van der Waals surface area contributed by atoms with E-state index in [9.17, 15) is 14.7 Å². The fourth-order valence-electron chi connectivity index (χ4n) is 6.90. The first kappa shape index (κ1) is 16.2. The Balaban J connectivity index is 1.73. The molecule has 4 aliphatic rings.